The molecule has 0 saturated heterocycles. The van der Waals surface area contributed by atoms with Gasteiger partial charge in [0, 0.05) is 11.6 Å². The second kappa shape index (κ2) is 4.88. The van der Waals surface area contributed by atoms with E-state index in [-0.39, 0.29) is 16.5 Å². The highest BCUT2D eigenvalue weighted by molar-refractivity contribution is 6.28. The minimum atomic E-state index is -4.44. The third-order valence-electron chi connectivity index (χ3n) is 2.76. The number of rotatable bonds is 2. The highest BCUT2D eigenvalue weighted by Crippen LogP contribution is 2.33. The Hall–Kier alpha value is -2.35. The molecule has 0 aliphatic heterocycles. The van der Waals surface area contributed by atoms with Crippen LogP contribution in [0.1, 0.15) is 5.56 Å². The van der Waals surface area contributed by atoms with E-state index in [1.165, 1.54) is 18.5 Å². The Balaban J connectivity index is 2.16. The van der Waals surface area contributed by atoms with Crippen LogP contribution in [0.5, 0.6) is 0 Å². The Morgan fingerprint density at radius 2 is 2.00 bits per heavy atom. The normalized spacial score (nSPS) is 11.8. The molecule has 0 atom stereocenters. The number of hydrogen-bond donors (Lipinski definition) is 2. The van der Waals surface area contributed by atoms with E-state index >= 15 is 0 Å². The van der Waals surface area contributed by atoms with Crippen molar-refractivity contribution in [2.24, 2.45) is 0 Å². The van der Waals surface area contributed by atoms with Gasteiger partial charge in [0.15, 0.2) is 0 Å². The smallest absolute Gasteiger partial charge is 0.337 e. The largest absolute Gasteiger partial charge is 0.416 e. The number of nitrogens with zero attached hydrogens (tertiary/aromatic N) is 3. The summed E-state index contributed by atoms with van der Waals surface area (Å²) in [7, 11) is 0. The van der Waals surface area contributed by atoms with E-state index in [0.717, 1.165) is 12.1 Å². The van der Waals surface area contributed by atoms with Gasteiger partial charge < -0.3 is 5.32 Å². The summed E-state index contributed by atoms with van der Waals surface area (Å²) in [4.78, 5) is 7.85. The summed E-state index contributed by atoms with van der Waals surface area (Å²) in [5.41, 5.74) is 0.0774. The molecule has 0 aliphatic carbocycles. The zero-order valence-electron chi connectivity index (χ0n) is 10.2. The van der Waals surface area contributed by atoms with Gasteiger partial charge in [-0.25, -0.2) is 4.98 Å². The van der Waals surface area contributed by atoms with Gasteiger partial charge in [-0.2, -0.15) is 23.3 Å². The van der Waals surface area contributed by atoms with Gasteiger partial charge >= 0.3 is 6.18 Å². The summed E-state index contributed by atoms with van der Waals surface area (Å²) in [5.74, 6) is 0.178. The van der Waals surface area contributed by atoms with E-state index in [0.29, 0.717) is 11.2 Å². The summed E-state index contributed by atoms with van der Waals surface area (Å²) >= 11 is 5.79. The van der Waals surface area contributed by atoms with Crippen LogP contribution in [0.2, 0.25) is 5.28 Å². The summed E-state index contributed by atoms with van der Waals surface area (Å²) in [6, 6.07) is 3.19. The van der Waals surface area contributed by atoms with Gasteiger partial charge in [-0.1, -0.05) is 0 Å². The molecular weight excluding hydrogens is 307 g/mol. The van der Waals surface area contributed by atoms with Crippen molar-refractivity contribution in [2.45, 2.75) is 6.18 Å². The van der Waals surface area contributed by atoms with Crippen LogP contribution >= 0.6 is 11.6 Å². The molecule has 0 unspecified atom stereocenters. The number of aromatic amines is 1. The maximum absolute atomic E-state index is 12.8. The quantitative estimate of drug-likeness (QED) is 0.707. The van der Waals surface area contributed by atoms with Crippen molar-refractivity contribution in [3.05, 3.63) is 41.4 Å². The van der Waals surface area contributed by atoms with Gasteiger partial charge in [-0.05, 0) is 29.8 Å². The fraction of sp³-hybridized carbons (Fsp3) is 0.0833. The first-order valence-electron chi connectivity index (χ1n) is 5.74. The predicted molar refractivity (Wildman–Crippen MR) is 71.4 cm³/mol. The molecular formula is C12H7ClF3N5. The van der Waals surface area contributed by atoms with E-state index in [4.69, 9.17) is 11.6 Å². The van der Waals surface area contributed by atoms with Crippen LogP contribution < -0.4 is 5.32 Å². The second-order valence-electron chi connectivity index (χ2n) is 4.18. The minimum Gasteiger partial charge on any atom is -0.337 e. The number of hydrogen-bond acceptors (Lipinski definition) is 4. The molecule has 21 heavy (non-hydrogen) atoms. The maximum Gasteiger partial charge on any atom is 0.416 e. The minimum absolute atomic E-state index is 0.0618. The molecule has 1 aromatic carbocycles. The third kappa shape index (κ3) is 2.75. The number of halogens is 4. The highest BCUT2D eigenvalue weighted by atomic mass is 35.5. The van der Waals surface area contributed by atoms with Gasteiger partial charge in [-0.3, -0.25) is 5.10 Å². The first-order valence-corrected chi connectivity index (χ1v) is 6.11. The molecule has 0 radical (unpaired) electrons. The molecule has 2 N–H and O–H groups in total. The molecule has 2 heterocycles. The molecule has 3 aromatic rings. The Labute approximate surface area is 121 Å². The van der Waals surface area contributed by atoms with Crippen LogP contribution in [-0.2, 0) is 6.18 Å². The highest BCUT2D eigenvalue weighted by Gasteiger charge is 2.30. The Morgan fingerprint density at radius 3 is 2.67 bits per heavy atom. The Morgan fingerprint density at radius 1 is 1.19 bits per heavy atom. The zero-order valence-corrected chi connectivity index (χ0v) is 11.0. The third-order valence-corrected chi connectivity index (χ3v) is 2.93. The summed E-state index contributed by atoms with van der Waals surface area (Å²) in [5, 5.41) is 9.32. The first kappa shape index (κ1) is 13.6. The molecule has 9 heteroatoms. The van der Waals surface area contributed by atoms with E-state index in [9.17, 15) is 13.2 Å². The molecule has 108 valence electrons. The van der Waals surface area contributed by atoms with Gasteiger partial charge in [-0.15, -0.1) is 0 Å². The number of benzene rings is 1. The van der Waals surface area contributed by atoms with E-state index < -0.39 is 11.7 Å². The topological polar surface area (TPSA) is 66.5 Å². The molecule has 0 fully saturated rings. The van der Waals surface area contributed by atoms with Crippen LogP contribution in [0.4, 0.5) is 24.7 Å². The number of anilines is 2. The molecule has 2 aromatic heterocycles. The number of fused-ring (bicyclic) bond motifs is 1. The van der Waals surface area contributed by atoms with Gasteiger partial charge in [0.25, 0.3) is 0 Å². The van der Waals surface area contributed by atoms with Crippen LogP contribution in [-0.4, -0.2) is 20.2 Å². The molecule has 0 bridgehead atoms. The lowest BCUT2D eigenvalue weighted by molar-refractivity contribution is -0.137. The Bertz CT molecular complexity index is 785. The van der Waals surface area contributed by atoms with Gasteiger partial charge in [0.05, 0.1) is 23.0 Å². The lowest BCUT2D eigenvalue weighted by atomic mass is 10.1. The van der Waals surface area contributed by atoms with Crippen LogP contribution in [0.15, 0.2) is 30.6 Å². The lowest BCUT2D eigenvalue weighted by Crippen LogP contribution is -2.05. The van der Waals surface area contributed by atoms with E-state index in [2.05, 4.69) is 25.5 Å². The average molecular weight is 314 g/mol. The fourth-order valence-electron chi connectivity index (χ4n) is 1.83. The van der Waals surface area contributed by atoms with Crippen molar-refractivity contribution in [1.29, 1.82) is 0 Å². The molecule has 0 aliphatic rings. The van der Waals surface area contributed by atoms with Gasteiger partial charge in [0.1, 0.15) is 5.82 Å². The number of aromatic nitrogens is 4. The number of H-pyrrole nitrogens is 1. The van der Waals surface area contributed by atoms with Crippen molar-refractivity contribution < 1.29 is 13.2 Å². The van der Waals surface area contributed by atoms with Gasteiger partial charge in [0.2, 0.25) is 5.28 Å². The summed E-state index contributed by atoms with van der Waals surface area (Å²) in [6.07, 6.45) is -1.44. The molecule has 3 rings (SSSR count). The van der Waals surface area contributed by atoms with Crippen LogP contribution in [0, 0.1) is 0 Å². The monoisotopic (exact) mass is 313 g/mol. The molecule has 0 saturated carbocycles. The summed E-state index contributed by atoms with van der Waals surface area (Å²) in [6.45, 7) is 0. The van der Waals surface area contributed by atoms with Crippen LogP contribution in [0.25, 0.3) is 10.9 Å². The molecule has 0 amide bonds. The van der Waals surface area contributed by atoms with Crippen molar-refractivity contribution in [2.75, 3.05) is 5.32 Å². The zero-order chi connectivity index (χ0) is 15.0. The standard InChI is InChI=1S/C12H7ClF3N5/c13-11-20-9-2-1-6(12(14,15)16)3-8(9)10(21-11)19-7-4-17-18-5-7/h1-5H,(H,17,18)(H,19,20,21). The fourth-order valence-corrected chi connectivity index (χ4v) is 2.00. The van der Waals surface area contributed by atoms with E-state index in [1.807, 2.05) is 0 Å². The maximum atomic E-state index is 12.8. The second-order valence-corrected chi connectivity index (χ2v) is 4.52. The van der Waals surface area contributed by atoms with Crippen LogP contribution in [0.3, 0.4) is 0 Å². The van der Waals surface area contributed by atoms with Crippen molar-refractivity contribution in [1.82, 2.24) is 20.2 Å². The summed E-state index contributed by atoms with van der Waals surface area (Å²) < 4.78 is 38.4. The predicted octanol–water partition coefficient (Wildman–Crippen LogP) is 3.77. The number of nitrogens with one attached hydrogen (secondary N) is 2. The first-order chi connectivity index (χ1) is 9.93. The van der Waals surface area contributed by atoms with Crippen molar-refractivity contribution in [3.63, 3.8) is 0 Å². The molecule has 0 spiro atoms. The SMILES string of the molecule is FC(F)(F)c1ccc2nc(Cl)nc(Nc3cn[nH]c3)c2c1. The van der Waals surface area contributed by atoms with Crippen molar-refractivity contribution in [3.8, 4) is 0 Å². The Kier molecular flexibility index (Phi) is 3.17. The van der Waals surface area contributed by atoms with Crippen molar-refractivity contribution >= 4 is 34.0 Å². The lowest BCUT2D eigenvalue weighted by Gasteiger charge is -2.10. The number of alkyl halides is 3. The molecule has 5 nitrogen and oxygen atoms in total. The average Bonchev–Trinajstić information content (AvgIpc) is 2.90. The van der Waals surface area contributed by atoms with E-state index in [1.54, 1.807) is 0 Å².